The van der Waals surface area contributed by atoms with Crippen molar-refractivity contribution in [3.8, 4) is 0 Å². The molecule has 21 heavy (non-hydrogen) atoms. The Labute approximate surface area is 127 Å². The molecule has 0 saturated heterocycles. The zero-order valence-electron chi connectivity index (χ0n) is 13.6. The molecule has 1 aromatic carbocycles. The molecule has 3 rings (SSSR count). The molecule has 0 atom stereocenters. The summed E-state index contributed by atoms with van der Waals surface area (Å²) >= 11 is 0. The third-order valence-corrected chi connectivity index (χ3v) is 4.76. The van der Waals surface area contributed by atoms with E-state index in [1.807, 2.05) is 12.4 Å². The first-order valence-corrected chi connectivity index (χ1v) is 7.83. The maximum Gasteiger partial charge on any atom is 0.0426 e. The lowest BCUT2D eigenvalue weighted by Crippen LogP contribution is -2.49. The molecule has 1 fully saturated rings. The first kappa shape index (κ1) is 14.5. The quantitative estimate of drug-likeness (QED) is 0.828. The fourth-order valence-electron chi connectivity index (χ4n) is 4.94. The molecule has 1 aliphatic carbocycles. The lowest BCUT2D eigenvalue weighted by Gasteiger charge is -2.51. The Hall–Kier alpha value is -1.41. The van der Waals surface area contributed by atoms with Crippen molar-refractivity contribution in [2.75, 3.05) is 0 Å². The number of nitrogens with two attached hydrogens (primary N) is 1. The minimum absolute atomic E-state index is 0.258. The third-order valence-electron chi connectivity index (χ3n) is 4.76. The van der Waals surface area contributed by atoms with Crippen LogP contribution in [0.15, 0.2) is 36.7 Å². The average Bonchev–Trinajstić information content (AvgIpc) is 2.33. The Morgan fingerprint density at radius 2 is 1.62 bits per heavy atom. The smallest absolute Gasteiger partial charge is 0.0426 e. The zero-order chi connectivity index (χ0) is 15.3. The number of benzene rings is 1. The molecule has 2 nitrogen and oxygen atoms in total. The van der Waals surface area contributed by atoms with Crippen molar-refractivity contribution in [3.05, 3.63) is 42.2 Å². The Kier molecular flexibility index (Phi) is 3.14. The van der Waals surface area contributed by atoms with E-state index < -0.39 is 0 Å². The van der Waals surface area contributed by atoms with Crippen LogP contribution in [0.3, 0.4) is 0 Å². The van der Waals surface area contributed by atoms with Crippen molar-refractivity contribution in [3.63, 3.8) is 0 Å². The molecule has 1 heterocycles. The van der Waals surface area contributed by atoms with Crippen molar-refractivity contribution in [1.29, 1.82) is 0 Å². The number of aromatic nitrogens is 1. The van der Waals surface area contributed by atoms with Crippen LogP contribution in [-0.2, 0) is 5.54 Å². The first-order valence-electron chi connectivity index (χ1n) is 7.83. The van der Waals surface area contributed by atoms with Crippen LogP contribution < -0.4 is 5.73 Å². The summed E-state index contributed by atoms with van der Waals surface area (Å²) in [5, 5.41) is 2.43. The average molecular weight is 282 g/mol. The SMILES string of the molecule is CC1(C)CC(C)(C)CC(N)(c2cccc3cnccc23)C1. The van der Waals surface area contributed by atoms with Gasteiger partial charge < -0.3 is 5.73 Å². The molecule has 0 unspecified atom stereocenters. The van der Waals surface area contributed by atoms with Gasteiger partial charge in [-0.3, -0.25) is 4.98 Å². The molecule has 2 N–H and O–H groups in total. The normalized spacial score (nSPS) is 23.1. The highest BCUT2D eigenvalue weighted by molar-refractivity contribution is 5.85. The second-order valence-corrected chi connectivity index (χ2v) is 8.42. The minimum Gasteiger partial charge on any atom is -0.321 e. The van der Waals surface area contributed by atoms with E-state index in [1.54, 1.807) is 0 Å². The van der Waals surface area contributed by atoms with Crippen LogP contribution in [0.5, 0.6) is 0 Å². The van der Waals surface area contributed by atoms with Crippen molar-refractivity contribution in [2.45, 2.75) is 52.5 Å². The minimum atomic E-state index is -0.258. The molecule has 2 aromatic rings. The predicted molar refractivity (Wildman–Crippen MR) is 89.0 cm³/mol. The second kappa shape index (κ2) is 4.54. The fraction of sp³-hybridized carbons (Fsp3) is 0.526. The zero-order valence-corrected chi connectivity index (χ0v) is 13.6. The Morgan fingerprint density at radius 1 is 0.952 bits per heavy atom. The molecule has 2 heteroatoms. The monoisotopic (exact) mass is 282 g/mol. The lowest BCUT2D eigenvalue weighted by molar-refractivity contribution is 0.0477. The van der Waals surface area contributed by atoms with Gasteiger partial charge in [-0.15, -0.1) is 0 Å². The van der Waals surface area contributed by atoms with Gasteiger partial charge in [-0.05, 0) is 47.1 Å². The number of hydrogen-bond donors (Lipinski definition) is 1. The van der Waals surface area contributed by atoms with E-state index in [-0.39, 0.29) is 16.4 Å². The van der Waals surface area contributed by atoms with Crippen LogP contribution in [0.4, 0.5) is 0 Å². The van der Waals surface area contributed by atoms with Gasteiger partial charge in [0.25, 0.3) is 0 Å². The van der Waals surface area contributed by atoms with E-state index >= 15 is 0 Å². The number of pyridine rings is 1. The van der Waals surface area contributed by atoms with Crippen LogP contribution in [0.1, 0.15) is 52.5 Å². The van der Waals surface area contributed by atoms with Crippen molar-refractivity contribution < 1.29 is 0 Å². The molecule has 112 valence electrons. The first-order chi connectivity index (χ1) is 9.71. The summed E-state index contributed by atoms with van der Waals surface area (Å²) < 4.78 is 0. The van der Waals surface area contributed by atoms with E-state index in [9.17, 15) is 0 Å². The maximum atomic E-state index is 6.98. The van der Waals surface area contributed by atoms with Gasteiger partial charge in [0.15, 0.2) is 0 Å². The Morgan fingerprint density at radius 3 is 2.29 bits per heavy atom. The summed E-state index contributed by atoms with van der Waals surface area (Å²) in [6.07, 6.45) is 7.09. The van der Waals surface area contributed by atoms with Gasteiger partial charge in [0.05, 0.1) is 0 Å². The number of fused-ring (bicyclic) bond motifs is 1. The van der Waals surface area contributed by atoms with Gasteiger partial charge in [-0.2, -0.15) is 0 Å². The van der Waals surface area contributed by atoms with E-state index in [1.165, 1.54) is 22.8 Å². The summed E-state index contributed by atoms with van der Waals surface area (Å²) in [6, 6.07) is 8.55. The molecule has 0 bridgehead atoms. The molecule has 1 saturated carbocycles. The number of nitrogens with zero attached hydrogens (tertiary/aromatic N) is 1. The van der Waals surface area contributed by atoms with Gasteiger partial charge in [0.1, 0.15) is 0 Å². The summed E-state index contributed by atoms with van der Waals surface area (Å²) in [5.74, 6) is 0. The highest BCUT2D eigenvalue weighted by Crippen LogP contribution is 2.53. The topological polar surface area (TPSA) is 38.9 Å². The molecule has 0 aliphatic heterocycles. The molecular weight excluding hydrogens is 256 g/mol. The highest BCUT2D eigenvalue weighted by atomic mass is 14.8. The molecule has 1 aliphatic rings. The highest BCUT2D eigenvalue weighted by Gasteiger charge is 2.46. The standard InChI is InChI=1S/C19H26N2/c1-17(2)11-18(3,4)13-19(20,12-17)16-7-5-6-14-10-21-9-8-15(14)16/h5-10H,11-13,20H2,1-4H3. The number of rotatable bonds is 1. The number of hydrogen-bond acceptors (Lipinski definition) is 2. The largest absolute Gasteiger partial charge is 0.321 e. The van der Waals surface area contributed by atoms with E-state index in [2.05, 4.69) is 56.9 Å². The van der Waals surface area contributed by atoms with Gasteiger partial charge in [-0.25, -0.2) is 0 Å². The van der Waals surface area contributed by atoms with Gasteiger partial charge in [0.2, 0.25) is 0 Å². The molecule has 0 amide bonds. The lowest BCUT2D eigenvalue weighted by atomic mass is 9.57. The van der Waals surface area contributed by atoms with Crippen LogP contribution in [-0.4, -0.2) is 4.98 Å². The third kappa shape index (κ3) is 2.69. The molecule has 1 aromatic heterocycles. The van der Waals surface area contributed by atoms with E-state index in [0.717, 1.165) is 12.8 Å². The van der Waals surface area contributed by atoms with Crippen LogP contribution in [0.2, 0.25) is 0 Å². The van der Waals surface area contributed by atoms with E-state index in [0.29, 0.717) is 0 Å². The van der Waals surface area contributed by atoms with Gasteiger partial charge in [0, 0.05) is 23.3 Å². The maximum absolute atomic E-state index is 6.98. The van der Waals surface area contributed by atoms with E-state index in [4.69, 9.17) is 5.73 Å². The summed E-state index contributed by atoms with van der Waals surface area (Å²) in [4.78, 5) is 4.24. The van der Waals surface area contributed by atoms with Gasteiger partial charge >= 0.3 is 0 Å². The van der Waals surface area contributed by atoms with Crippen LogP contribution in [0, 0.1) is 10.8 Å². The predicted octanol–water partition coefficient (Wildman–Crippen LogP) is 4.63. The fourth-order valence-corrected chi connectivity index (χ4v) is 4.94. The second-order valence-electron chi connectivity index (χ2n) is 8.42. The van der Waals surface area contributed by atoms with Crippen molar-refractivity contribution in [2.24, 2.45) is 16.6 Å². The van der Waals surface area contributed by atoms with Crippen molar-refractivity contribution >= 4 is 10.8 Å². The van der Waals surface area contributed by atoms with Gasteiger partial charge in [-0.1, -0.05) is 45.9 Å². The van der Waals surface area contributed by atoms with Crippen LogP contribution >= 0.6 is 0 Å². The Bertz CT molecular complexity index is 649. The Balaban J connectivity index is 2.16. The van der Waals surface area contributed by atoms with Crippen molar-refractivity contribution in [1.82, 2.24) is 4.98 Å². The molecule has 0 radical (unpaired) electrons. The summed E-state index contributed by atoms with van der Waals surface area (Å²) in [7, 11) is 0. The summed E-state index contributed by atoms with van der Waals surface area (Å²) in [5.41, 5.74) is 8.54. The summed E-state index contributed by atoms with van der Waals surface area (Å²) in [6.45, 7) is 9.40. The molecular formula is C19H26N2. The molecule has 0 spiro atoms. The van der Waals surface area contributed by atoms with Crippen LogP contribution in [0.25, 0.3) is 10.8 Å².